The molecule has 0 bridgehead atoms. The summed E-state index contributed by atoms with van der Waals surface area (Å²) in [5.41, 5.74) is 1.31. The first-order valence-electron chi connectivity index (χ1n) is 6.16. The van der Waals surface area contributed by atoms with Crippen LogP contribution in [0, 0.1) is 0 Å². The second kappa shape index (κ2) is 5.89. The predicted molar refractivity (Wildman–Crippen MR) is 77.2 cm³/mol. The van der Waals surface area contributed by atoms with Crippen molar-refractivity contribution in [1.29, 1.82) is 0 Å². The summed E-state index contributed by atoms with van der Waals surface area (Å²) in [6.07, 6.45) is 0. The lowest BCUT2D eigenvalue weighted by molar-refractivity contribution is -0.144. The quantitative estimate of drug-likeness (QED) is 0.869. The zero-order valence-electron chi connectivity index (χ0n) is 11.1. The molecule has 0 radical (unpaired) electrons. The minimum Gasteiger partial charge on any atom is -0.465 e. The molecule has 1 aliphatic rings. The van der Waals surface area contributed by atoms with Crippen LogP contribution in [0.5, 0.6) is 0 Å². The number of benzene rings is 1. The van der Waals surface area contributed by atoms with Gasteiger partial charge in [0, 0.05) is 11.3 Å². The molecule has 0 spiro atoms. The third kappa shape index (κ3) is 2.69. The Hall–Kier alpha value is -1.46. The molecule has 5 nitrogen and oxygen atoms in total. The molecule has 1 N–H and O–H groups in total. The maximum absolute atomic E-state index is 12.0. The van der Waals surface area contributed by atoms with Crippen LogP contribution in [0.25, 0.3) is 0 Å². The first-order valence-corrected chi connectivity index (χ1v) is 6.92. The predicted octanol–water partition coefficient (Wildman–Crippen LogP) is 3.47. The molecule has 0 saturated carbocycles. The Kier molecular flexibility index (Phi) is 4.40. The van der Waals surface area contributed by atoms with E-state index in [1.807, 2.05) is 0 Å². The highest BCUT2D eigenvalue weighted by atomic mass is 35.5. The van der Waals surface area contributed by atoms with Gasteiger partial charge in [-0.2, -0.15) is 0 Å². The Balaban J connectivity index is 2.32. The van der Waals surface area contributed by atoms with Gasteiger partial charge in [-0.3, -0.25) is 4.79 Å². The minimum absolute atomic E-state index is 0.136. The summed E-state index contributed by atoms with van der Waals surface area (Å²) in [6, 6.07) is 2.59. The van der Waals surface area contributed by atoms with Crippen molar-refractivity contribution >= 4 is 40.9 Å². The molecule has 108 valence electrons. The van der Waals surface area contributed by atoms with E-state index in [9.17, 15) is 9.59 Å². The van der Waals surface area contributed by atoms with Crippen LogP contribution >= 0.6 is 23.2 Å². The molecule has 0 fully saturated rings. The molecule has 1 atom stereocenters. The summed E-state index contributed by atoms with van der Waals surface area (Å²) in [6.45, 7) is 3.64. The number of hydrogen-bond acceptors (Lipinski definition) is 3. The van der Waals surface area contributed by atoms with Crippen LogP contribution in [0.15, 0.2) is 12.1 Å². The van der Waals surface area contributed by atoms with E-state index in [1.54, 1.807) is 26.0 Å². The van der Waals surface area contributed by atoms with Crippen LogP contribution in [0.1, 0.15) is 25.5 Å². The number of amides is 2. The largest absolute Gasteiger partial charge is 0.465 e. The van der Waals surface area contributed by atoms with Gasteiger partial charge in [-0.05, 0) is 26.0 Å². The zero-order valence-corrected chi connectivity index (χ0v) is 12.6. The van der Waals surface area contributed by atoms with Crippen LogP contribution in [0.4, 0.5) is 10.5 Å². The number of anilines is 1. The summed E-state index contributed by atoms with van der Waals surface area (Å²) >= 11 is 12.2. The first-order chi connectivity index (χ1) is 9.45. The van der Waals surface area contributed by atoms with E-state index < -0.39 is 5.97 Å². The molecular formula is C13H14Cl2N2O3. The maximum Gasteiger partial charge on any atom is 0.325 e. The number of halogens is 2. The van der Waals surface area contributed by atoms with E-state index in [4.69, 9.17) is 27.9 Å². The van der Waals surface area contributed by atoms with Gasteiger partial charge in [0.15, 0.2) is 0 Å². The lowest BCUT2D eigenvalue weighted by Gasteiger charge is -2.35. The van der Waals surface area contributed by atoms with E-state index >= 15 is 0 Å². The molecule has 2 amide bonds. The van der Waals surface area contributed by atoms with Gasteiger partial charge in [-0.25, -0.2) is 4.79 Å². The fourth-order valence-electron chi connectivity index (χ4n) is 2.16. The van der Waals surface area contributed by atoms with Crippen molar-refractivity contribution in [3.63, 3.8) is 0 Å². The molecule has 1 aromatic carbocycles. The van der Waals surface area contributed by atoms with E-state index in [1.165, 1.54) is 4.90 Å². The second-order valence-electron chi connectivity index (χ2n) is 4.36. The van der Waals surface area contributed by atoms with Crippen molar-refractivity contribution in [3.05, 3.63) is 27.7 Å². The van der Waals surface area contributed by atoms with E-state index in [0.717, 1.165) is 0 Å². The smallest absolute Gasteiger partial charge is 0.325 e. The van der Waals surface area contributed by atoms with Gasteiger partial charge in [-0.1, -0.05) is 23.2 Å². The van der Waals surface area contributed by atoms with Crippen molar-refractivity contribution in [2.75, 3.05) is 18.5 Å². The number of nitrogens with one attached hydrogen (secondary N) is 1. The Morgan fingerprint density at radius 2 is 2.15 bits per heavy atom. The molecule has 2 rings (SSSR count). The number of fused-ring (bicyclic) bond motifs is 1. The highest BCUT2D eigenvalue weighted by Gasteiger charge is 2.33. The van der Waals surface area contributed by atoms with Crippen LogP contribution in [0.3, 0.4) is 0 Å². The lowest BCUT2D eigenvalue weighted by Crippen LogP contribution is -2.44. The van der Waals surface area contributed by atoms with Crippen LogP contribution in [-0.2, 0) is 9.53 Å². The summed E-state index contributed by atoms with van der Waals surface area (Å²) in [5, 5.41) is 3.48. The average molecular weight is 317 g/mol. The molecular weight excluding hydrogens is 303 g/mol. The summed E-state index contributed by atoms with van der Waals surface area (Å²) in [4.78, 5) is 25.0. The molecule has 0 saturated heterocycles. The number of carbonyl (C=O) groups is 2. The summed E-state index contributed by atoms with van der Waals surface area (Å²) in [5.74, 6) is -0.462. The number of nitrogens with zero attached hydrogens (tertiary/aromatic N) is 1. The third-order valence-corrected chi connectivity index (χ3v) is 3.94. The summed E-state index contributed by atoms with van der Waals surface area (Å²) in [7, 11) is 0. The van der Waals surface area contributed by atoms with Crippen molar-refractivity contribution in [1.82, 2.24) is 4.90 Å². The molecule has 1 aromatic rings. The van der Waals surface area contributed by atoms with E-state index in [0.29, 0.717) is 21.3 Å². The number of hydrogen-bond donors (Lipinski definition) is 1. The van der Waals surface area contributed by atoms with E-state index in [-0.39, 0.29) is 25.2 Å². The van der Waals surface area contributed by atoms with Gasteiger partial charge in [0.25, 0.3) is 0 Å². The number of rotatable bonds is 3. The molecule has 1 heterocycles. The topological polar surface area (TPSA) is 58.6 Å². The Morgan fingerprint density at radius 1 is 1.45 bits per heavy atom. The van der Waals surface area contributed by atoms with Gasteiger partial charge in [-0.15, -0.1) is 0 Å². The van der Waals surface area contributed by atoms with Crippen molar-refractivity contribution in [3.8, 4) is 0 Å². The average Bonchev–Trinajstić information content (AvgIpc) is 2.39. The van der Waals surface area contributed by atoms with Crippen molar-refractivity contribution in [2.24, 2.45) is 0 Å². The van der Waals surface area contributed by atoms with Crippen LogP contribution in [0.2, 0.25) is 10.0 Å². The van der Waals surface area contributed by atoms with Crippen molar-refractivity contribution < 1.29 is 14.3 Å². The normalized spacial score (nSPS) is 17.5. The standard InChI is InChI=1S/C13H14Cl2N2O3/c1-3-20-10(18)6-17-7(2)11-9(16-13(17)19)5-4-8(14)12(11)15/h4-5,7H,3,6H2,1-2H3,(H,16,19). The van der Waals surface area contributed by atoms with Gasteiger partial charge in [0.05, 0.1) is 22.7 Å². The van der Waals surface area contributed by atoms with Crippen LogP contribution < -0.4 is 5.32 Å². The summed E-state index contributed by atoms with van der Waals surface area (Å²) < 4.78 is 4.86. The second-order valence-corrected chi connectivity index (χ2v) is 5.15. The number of esters is 1. The molecule has 0 aliphatic carbocycles. The number of ether oxygens (including phenoxy) is 1. The third-order valence-electron chi connectivity index (χ3n) is 3.13. The molecule has 7 heteroatoms. The fourth-order valence-corrected chi connectivity index (χ4v) is 2.64. The van der Waals surface area contributed by atoms with Gasteiger partial charge in [0.2, 0.25) is 0 Å². The fraction of sp³-hybridized carbons (Fsp3) is 0.385. The molecule has 0 aromatic heterocycles. The van der Waals surface area contributed by atoms with Crippen LogP contribution in [-0.4, -0.2) is 30.1 Å². The Labute approximate surface area is 126 Å². The Morgan fingerprint density at radius 3 is 2.80 bits per heavy atom. The van der Waals surface area contributed by atoms with Gasteiger partial charge < -0.3 is 15.0 Å². The van der Waals surface area contributed by atoms with Crippen molar-refractivity contribution in [2.45, 2.75) is 19.9 Å². The Bertz CT molecular complexity index is 563. The molecule has 20 heavy (non-hydrogen) atoms. The molecule has 1 aliphatic heterocycles. The van der Waals surface area contributed by atoms with Gasteiger partial charge >= 0.3 is 12.0 Å². The zero-order chi connectivity index (χ0) is 14.9. The van der Waals surface area contributed by atoms with E-state index in [2.05, 4.69) is 5.32 Å². The number of carbonyl (C=O) groups excluding carboxylic acids is 2. The molecule has 1 unspecified atom stereocenters. The SMILES string of the molecule is CCOC(=O)CN1C(=O)Nc2ccc(Cl)c(Cl)c2C1C. The highest BCUT2D eigenvalue weighted by Crippen LogP contribution is 2.40. The maximum atomic E-state index is 12.0. The highest BCUT2D eigenvalue weighted by molar-refractivity contribution is 6.43. The minimum atomic E-state index is -0.462. The number of urea groups is 1. The first kappa shape index (κ1) is 14.9. The van der Waals surface area contributed by atoms with Gasteiger partial charge in [0.1, 0.15) is 6.54 Å². The monoisotopic (exact) mass is 316 g/mol. The lowest BCUT2D eigenvalue weighted by atomic mass is 10.0.